The molecule has 2 rings (SSSR count). The first-order chi connectivity index (χ1) is 11.5. The molecular weight excluding hydrogens is 326 g/mol. The lowest BCUT2D eigenvalue weighted by molar-refractivity contribution is -0.147. The maximum atomic E-state index is 11.7. The van der Waals surface area contributed by atoms with Crippen molar-refractivity contribution in [2.24, 2.45) is 0 Å². The summed E-state index contributed by atoms with van der Waals surface area (Å²) in [5, 5.41) is 3.41. The van der Waals surface area contributed by atoms with Crippen LogP contribution in [0.15, 0.2) is 48.5 Å². The van der Waals surface area contributed by atoms with E-state index in [1.54, 1.807) is 0 Å². The topological polar surface area (TPSA) is 55.4 Å². The van der Waals surface area contributed by atoms with E-state index < -0.39 is 5.97 Å². The summed E-state index contributed by atoms with van der Waals surface area (Å²) in [6, 6.07) is 15.1. The van der Waals surface area contributed by atoms with Crippen LogP contribution < -0.4 is 5.32 Å². The van der Waals surface area contributed by atoms with E-state index in [0.29, 0.717) is 18.0 Å². The largest absolute Gasteiger partial charge is 0.455 e. The molecule has 0 saturated heterocycles. The Morgan fingerprint density at radius 1 is 1.00 bits per heavy atom. The standard InChI is InChI=1S/C19H20ClNO3/c1-14-2-4-16(5-3-14)12-19(23)24-13-18(22)21-11-10-15-6-8-17(20)9-7-15/h2-9H,10-13H2,1H3,(H,21,22). The smallest absolute Gasteiger partial charge is 0.310 e. The molecule has 0 spiro atoms. The molecule has 1 amide bonds. The minimum Gasteiger partial charge on any atom is -0.455 e. The molecule has 0 bridgehead atoms. The minimum absolute atomic E-state index is 0.165. The summed E-state index contributed by atoms with van der Waals surface area (Å²) in [6.07, 6.45) is 0.860. The van der Waals surface area contributed by atoms with Gasteiger partial charge in [0, 0.05) is 11.6 Å². The number of halogens is 1. The van der Waals surface area contributed by atoms with Gasteiger partial charge < -0.3 is 10.1 Å². The molecule has 0 aliphatic carbocycles. The van der Waals surface area contributed by atoms with Crippen molar-refractivity contribution in [3.05, 3.63) is 70.2 Å². The van der Waals surface area contributed by atoms with Crippen LogP contribution >= 0.6 is 11.6 Å². The van der Waals surface area contributed by atoms with Gasteiger partial charge in [-0.25, -0.2) is 0 Å². The fraction of sp³-hybridized carbons (Fsp3) is 0.263. The highest BCUT2D eigenvalue weighted by Gasteiger charge is 2.08. The molecule has 0 unspecified atom stereocenters. The normalized spacial score (nSPS) is 10.2. The van der Waals surface area contributed by atoms with E-state index in [2.05, 4.69) is 5.32 Å². The molecule has 5 heteroatoms. The summed E-state index contributed by atoms with van der Waals surface area (Å²) in [4.78, 5) is 23.4. The molecule has 2 aromatic rings. The average Bonchev–Trinajstić information content (AvgIpc) is 2.57. The van der Waals surface area contributed by atoms with Crippen LogP contribution in [0, 0.1) is 6.92 Å². The lowest BCUT2D eigenvalue weighted by Gasteiger charge is -2.07. The second-order valence-electron chi connectivity index (χ2n) is 5.55. The van der Waals surface area contributed by atoms with Gasteiger partial charge >= 0.3 is 5.97 Å². The number of carbonyl (C=O) groups is 2. The van der Waals surface area contributed by atoms with E-state index >= 15 is 0 Å². The molecule has 126 valence electrons. The number of rotatable bonds is 7. The van der Waals surface area contributed by atoms with Crippen LogP contribution in [-0.4, -0.2) is 25.0 Å². The Morgan fingerprint density at radius 2 is 1.62 bits per heavy atom. The van der Waals surface area contributed by atoms with Crippen molar-refractivity contribution in [1.82, 2.24) is 5.32 Å². The number of benzene rings is 2. The summed E-state index contributed by atoms with van der Waals surface area (Å²) in [5.41, 5.74) is 3.08. The van der Waals surface area contributed by atoms with Crippen molar-refractivity contribution in [1.29, 1.82) is 0 Å². The van der Waals surface area contributed by atoms with Gasteiger partial charge in [0.2, 0.25) is 0 Å². The quantitative estimate of drug-likeness (QED) is 0.784. The first kappa shape index (κ1) is 18.0. The fourth-order valence-corrected chi connectivity index (χ4v) is 2.24. The van der Waals surface area contributed by atoms with Gasteiger partial charge in [0.15, 0.2) is 6.61 Å². The van der Waals surface area contributed by atoms with Gasteiger partial charge in [-0.1, -0.05) is 53.6 Å². The van der Waals surface area contributed by atoms with Crippen molar-refractivity contribution in [2.75, 3.05) is 13.2 Å². The molecule has 0 aliphatic heterocycles. The van der Waals surface area contributed by atoms with Crippen LogP contribution in [0.2, 0.25) is 5.02 Å². The van der Waals surface area contributed by atoms with Gasteiger partial charge in [-0.3, -0.25) is 9.59 Å². The number of aryl methyl sites for hydroxylation is 1. The molecule has 0 aliphatic rings. The summed E-state index contributed by atoms with van der Waals surface area (Å²) >= 11 is 5.81. The number of esters is 1. The second-order valence-corrected chi connectivity index (χ2v) is 5.99. The van der Waals surface area contributed by atoms with Gasteiger partial charge in [0.1, 0.15) is 0 Å². The number of nitrogens with one attached hydrogen (secondary N) is 1. The van der Waals surface area contributed by atoms with Crippen LogP contribution in [0.5, 0.6) is 0 Å². The zero-order chi connectivity index (χ0) is 17.4. The van der Waals surface area contributed by atoms with Crippen LogP contribution in [0.3, 0.4) is 0 Å². The van der Waals surface area contributed by atoms with E-state index in [4.69, 9.17) is 16.3 Å². The number of hydrogen-bond donors (Lipinski definition) is 1. The van der Waals surface area contributed by atoms with Crippen molar-refractivity contribution >= 4 is 23.5 Å². The molecule has 0 atom stereocenters. The number of carbonyl (C=O) groups excluding carboxylic acids is 2. The highest BCUT2D eigenvalue weighted by molar-refractivity contribution is 6.30. The SMILES string of the molecule is Cc1ccc(CC(=O)OCC(=O)NCCc2ccc(Cl)cc2)cc1. The first-order valence-electron chi connectivity index (χ1n) is 7.75. The van der Waals surface area contributed by atoms with Crippen molar-refractivity contribution < 1.29 is 14.3 Å². The van der Waals surface area contributed by atoms with Crippen LogP contribution in [0.4, 0.5) is 0 Å². The minimum atomic E-state index is -0.410. The molecule has 1 N–H and O–H groups in total. The molecule has 24 heavy (non-hydrogen) atoms. The lowest BCUT2D eigenvalue weighted by atomic mass is 10.1. The van der Waals surface area contributed by atoms with Gasteiger partial charge in [-0.2, -0.15) is 0 Å². The zero-order valence-electron chi connectivity index (χ0n) is 13.5. The van der Waals surface area contributed by atoms with E-state index in [9.17, 15) is 9.59 Å². The van der Waals surface area contributed by atoms with Gasteiger partial charge in [-0.05, 0) is 36.6 Å². The highest BCUT2D eigenvalue weighted by atomic mass is 35.5. The van der Waals surface area contributed by atoms with Crippen LogP contribution in [0.1, 0.15) is 16.7 Å². The van der Waals surface area contributed by atoms with Gasteiger partial charge in [0.05, 0.1) is 6.42 Å². The number of amides is 1. The van der Waals surface area contributed by atoms with E-state index in [-0.39, 0.29) is 18.9 Å². The lowest BCUT2D eigenvalue weighted by Crippen LogP contribution is -2.30. The molecular formula is C19H20ClNO3. The summed E-state index contributed by atoms with van der Waals surface area (Å²) in [6.45, 7) is 2.21. The third kappa shape index (κ3) is 6.42. The molecule has 0 heterocycles. The number of ether oxygens (including phenoxy) is 1. The Morgan fingerprint density at radius 3 is 2.29 bits per heavy atom. The average molecular weight is 346 g/mol. The number of hydrogen-bond acceptors (Lipinski definition) is 3. The van der Waals surface area contributed by atoms with Crippen LogP contribution in [0.25, 0.3) is 0 Å². The van der Waals surface area contributed by atoms with E-state index in [1.807, 2.05) is 55.5 Å². The van der Waals surface area contributed by atoms with E-state index in [0.717, 1.165) is 16.7 Å². The second kappa shape index (κ2) is 9.08. The van der Waals surface area contributed by atoms with Gasteiger partial charge in [-0.15, -0.1) is 0 Å². The fourth-order valence-electron chi connectivity index (χ4n) is 2.12. The van der Waals surface area contributed by atoms with Crippen LogP contribution in [-0.2, 0) is 27.2 Å². The Labute approximate surface area is 146 Å². The monoisotopic (exact) mass is 345 g/mol. The zero-order valence-corrected chi connectivity index (χ0v) is 14.3. The van der Waals surface area contributed by atoms with Crippen molar-refractivity contribution in [3.8, 4) is 0 Å². The highest BCUT2D eigenvalue weighted by Crippen LogP contribution is 2.09. The molecule has 0 aromatic heterocycles. The Hall–Kier alpha value is -2.33. The van der Waals surface area contributed by atoms with Crippen molar-refractivity contribution in [2.45, 2.75) is 19.8 Å². The maximum Gasteiger partial charge on any atom is 0.310 e. The molecule has 0 saturated carbocycles. The summed E-state index contributed by atoms with van der Waals surface area (Å²) in [5.74, 6) is -0.715. The third-order valence-electron chi connectivity index (χ3n) is 3.48. The van der Waals surface area contributed by atoms with Crippen molar-refractivity contribution in [3.63, 3.8) is 0 Å². The predicted molar refractivity (Wildman–Crippen MR) is 94.0 cm³/mol. The Balaban J connectivity index is 1.64. The predicted octanol–water partition coefficient (Wildman–Crippen LogP) is 3.09. The molecule has 0 fully saturated rings. The first-order valence-corrected chi connectivity index (χ1v) is 8.13. The summed E-state index contributed by atoms with van der Waals surface area (Å²) < 4.78 is 4.99. The molecule has 2 aromatic carbocycles. The maximum absolute atomic E-state index is 11.7. The van der Waals surface area contributed by atoms with Gasteiger partial charge in [0.25, 0.3) is 5.91 Å². The third-order valence-corrected chi connectivity index (χ3v) is 3.73. The van der Waals surface area contributed by atoms with E-state index in [1.165, 1.54) is 0 Å². The molecule has 4 nitrogen and oxygen atoms in total. The Kier molecular flexibility index (Phi) is 6.82. The molecule has 0 radical (unpaired) electrons. The summed E-state index contributed by atoms with van der Waals surface area (Å²) in [7, 11) is 0. The Bertz CT molecular complexity index is 681.